The van der Waals surface area contributed by atoms with Gasteiger partial charge in [-0.3, -0.25) is 29.1 Å². The van der Waals surface area contributed by atoms with E-state index >= 15 is 0 Å². The molecule has 2 aliphatic rings. The van der Waals surface area contributed by atoms with Crippen LogP contribution in [0.15, 0.2) is 39.0 Å². The third-order valence-corrected chi connectivity index (χ3v) is 10.3. The van der Waals surface area contributed by atoms with Crippen LogP contribution in [0.4, 0.5) is 5.13 Å². The number of rotatable bonds is 15. The molecule has 44 heavy (non-hydrogen) atoms. The number of carboxylic acid groups (broad SMARTS) is 2. The largest absolute Gasteiger partial charge is 0.481 e. The quantitative estimate of drug-likeness (QED) is 0.0816. The summed E-state index contributed by atoms with van der Waals surface area (Å²) in [6.07, 6.45) is 1.12. The molecule has 1 fully saturated rings. The van der Waals surface area contributed by atoms with E-state index in [1.807, 2.05) is 0 Å². The Morgan fingerprint density at radius 3 is 2.68 bits per heavy atom. The van der Waals surface area contributed by atoms with Crippen molar-refractivity contribution in [1.82, 2.24) is 29.9 Å². The van der Waals surface area contributed by atoms with Crippen LogP contribution in [0.2, 0.25) is 0 Å². The molecule has 0 spiro atoms. The first-order chi connectivity index (χ1) is 21.0. The van der Waals surface area contributed by atoms with Gasteiger partial charge in [-0.05, 0) is 17.3 Å². The van der Waals surface area contributed by atoms with Crippen molar-refractivity contribution in [2.75, 3.05) is 23.8 Å². The number of nitrogens with zero attached hydrogens (tertiary/aromatic N) is 5. The molecule has 0 radical (unpaired) electrons. The molecule has 8 N–H and O–H groups in total. The Morgan fingerprint density at radius 1 is 1.25 bits per heavy atom. The SMILES string of the molecule is Nc1nc(C(N=O)C(=O)NC2C(=O)N3C(C(=O)O)=C(Sc4cccnc4CSCCNC(=O)[C@@H](N)CC(=O)O)CSC23)ns1. The van der Waals surface area contributed by atoms with Crippen LogP contribution in [0.1, 0.15) is 24.0 Å². The number of pyridine rings is 1. The minimum Gasteiger partial charge on any atom is -0.481 e. The third-order valence-electron chi connectivity index (χ3n) is 6.09. The van der Waals surface area contributed by atoms with Crippen molar-refractivity contribution in [2.45, 2.75) is 40.6 Å². The number of carbonyl (C=O) groups is 5. The minimum atomic E-state index is -1.62. The van der Waals surface area contributed by atoms with Crippen LogP contribution >= 0.6 is 46.8 Å². The van der Waals surface area contributed by atoms with E-state index in [0.29, 0.717) is 27.0 Å². The molecule has 0 saturated carbocycles. The highest BCUT2D eigenvalue weighted by Gasteiger charge is 2.55. The number of nitrogens with one attached hydrogen (secondary N) is 2. The number of carboxylic acids is 2. The molecule has 4 rings (SSSR count). The Labute approximate surface area is 265 Å². The molecule has 234 valence electrons. The van der Waals surface area contributed by atoms with E-state index in [1.165, 1.54) is 35.3 Å². The minimum absolute atomic E-state index is 0.0375. The molecular formula is C23H25N9O8S4. The number of β-lactam (4-membered cyclic amide) rings is 1. The Balaban J connectivity index is 1.38. The lowest BCUT2D eigenvalue weighted by Crippen LogP contribution is -2.70. The zero-order valence-corrected chi connectivity index (χ0v) is 25.7. The van der Waals surface area contributed by atoms with Crippen molar-refractivity contribution in [3.8, 4) is 0 Å². The average molecular weight is 684 g/mol. The van der Waals surface area contributed by atoms with Gasteiger partial charge in [-0.1, -0.05) is 11.8 Å². The Morgan fingerprint density at radius 2 is 2.02 bits per heavy atom. The van der Waals surface area contributed by atoms with Crippen molar-refractivity contribution in [3.63, 3.8) is 0 Å². The van der Waals surface area contributed by atoms with Crippen LogP contribution in [-0.2, 0) is 29.7 Å². The number of nitroso groups, excluding NO2 is 1. The fraction of sp³-hybridized carbons (Fsp3) is 0.391. The number of fused-ring (bicyclic) bond motifs is 1. The van der Waals surface area contributed by atoms with E-state index < -0.39 is 59.6 Å². The molecule has 2 aromatic heterocycles. The summed E-state index contributed by atoms with van der Waals surface area (Å²) < 4.78 is 3.82. The van der Waals surface area contributed by atoms with E-state index in [9.17, 15) is 34.0 Å². The number of nitrogen functional groups attached to an aromatic ring is 1. The van der Waals surface area contributed by atoms with Crippen molar-refractivity contribution in [3.05, 3.63) is 45.4 Å². The highest BCUT2D eigenvalue weighted by Crippen LogP contribution is 2.45. The molecule has 3 amide bonds. The molecule has 2 aliphatic heterocycles. The zero-order chi connectivity index (χ0) is 32.0. The summed E-state index contributed by atoms with van der Waals surface area (Å²) in [7, 11) is 0. The molecule has 2 aromatic rings. The van der Waals surface area contributed by atoms with Gasteiger partial charge in [0.05, 0.1) is 18.2 Å². The van der Waals surface area contributed by atoms with Crippen molar-refractivity contribution < 1.29 is 34.2 Å². The number of amides is 3. The van der Waals surface area contributed by atoms with Crippen molar-refractivity contribution in [2.24, 2.45) is 10.9 Å². The van der Waals surface area contributed by atoms with Gasteiger partial charge in [0.1, 0.15) is 17.1 Å². The van der Waals surface area contributed by atoms with Crippen LogP contribution in [0.5, 0.6) is 0 Å². The summed E-state index contributed by atoms with van der Waals surface area (Å²) >= 11 is 4.64. The molecule has 4 atom stereocenters. The molecule has 0 aromatic carbocycles. The predicted octanol–water partition coefficient (Wildman–Crippen LogP) is -0.0374. The summed E-state index contributed by atoms with van der Waals surface area (Å²) in [5.41, 5.74) is 11.5. The Kier molecular flexibility index (Phi) is 11.1. The molecule has 0 aliphatic carbocycles. The maximum Gasteiger partial charge on any atom is 0.353 e. The molecular weight excluding hydrogens is 659 g/mol. The number of aliphatic carboxylic acids is 2. The maximum atomic E-state index is 13.1. The predicted molar refractivity (Wildman–Crippen MR) is 162 cm³/mol. The van der Waals surface area contributed by atoms with Crippen LogP contribution in [0.3, 0.4) is 0 Å². The number of thioether (sulfide) groups is 3. The summed E-state index contributed by atoms with van der Waals surface area (Å²) in [4.78, 5) is 82.3. The summed E-state index contributed by atoms with van der Waals surface area (Å²) in [5, 5.41) is 25.9. The molecule has 1 saturated heterocycles. The topological polar surface area (TPSA) is 273 Å². The van der Waals surface area contributed by atoms with E-state index in [1.54, 1.807) is 18.3 Å². The smallest absolute Gasteiger partial charge is 0.353 e. The van der Waals surface area contributed by atoms with Crippen molar-refractivity contribution >= 4 is 81.6 Å². The van der Waals surface area contributed by atoms with Crippen molar-refractivity contribution in [1.29, 1.82) is 0 Å². The number of nitrogens with two attached hydrogens (primary N) is 2. The van der Waals surface area contributed by atoms with E-state index in [-0.39, 0.29) is 29.0 Å². The highest BCUT2D eigenvalue weighted by atomic mass is 32.2. The second-order valence-electron chi connectivity index (χ2n) is 9.07. The van der Waals surface area contributed by atoms with Gasteiger partial charge in [-0.2, -0.15) is 16.1 Å². The van der Waals surface area contributed by atoms with E-state index in [0.717, 1.165) is 16.4 Å². The van der Waals surface area contributed by atoms with Crippen LogP contribution in [-0.4, -0.2) is 94.6 Å². The second-order valence-corrected chi connectivity index (χ2v) is 13.2. The van der Waals surface area contributed by atoms with Crippen LogP contribution in [0, 0.1) is 4.91 Å². The van der Waals surface area contributed by atoms with E-state index in [2.05, 4.69) is 30.2 Å². The fourth-order valence-corrected chi connectivity index (χ4v) is 8.00. The standard InChI is InChI=1S/C23H25N9O8S4/c24-9(6-13(33)34)18(35)27-4-5-41-7-10-11(2-1-3-26-10)43-12-8-42-21-15(20(37)32(21)16(12)22(38)39)28-19(36)14(30-40)17-29-23(25)44-31-17/h1-3,9,14-15,21H,4-8,24H2,(H,27,35)(H,28,36)(H,33,34)(H,38,39)(H2,25,29,31)/t9-,14?,15?,21?/m0/s1. The number of hydrogen-bond acceptors (Lipinski definition) is 16. The molecule has 17 nitrogen and oxygen atoms in total. The summed E-state index contributed by atoms with van der Waals surface area (Å²) in [6.45, 7) is 0.255. The highest BCUT2D eigenvalue weighted by molar-refractivity contribution is 8.06. The molecule has 3 unspecified atom stereocenters. The second kappa shape index (κ2) is 14.8. The van der Waals surface area contributed by atoms with Gasteiger partial charge in [0.2, 0.25) is 11.9 Å². The third kappa shape index (κ3) is 7.64. The normalized spacial score (nSPS) is 18.9. The number of anilines is 1. The molecule has 0 bridgehead atoms. The number of carbonyl (C=O) groups excluding carboxylic acids is 3. The number of hydrogen-bond donors (Lipinski definition) is 6. The fourth-order valence-electron chi connectivity index (χ4n) is 4.06. The molecule has 21 heteroatoms. The monoisotopic (exact) mass is 683 g/mol. The first-order valence-corrected chi connectivity index (χ1v) is 16.4. The summed E-state index contributed by atoms with van der Waals surface area (Å²) in [5.74, 6) is -3.68. The first-order valence-electron chi connectivity index (χ1n) is 12.6. The van der Waals surface area contributed by atoms with Gasteiger partial charge in [0.15, 0.2) is 11.0 Å². The summed E-state index contributed by atoms with van der Waals surface area (Å²) in [6, 6.07) is -0.374. The lowest BCUT2D eigenvalue weighted by molar-refractivity contribution is -0.150. The maximum absolute atomic E-state index is 13.1. The van der Waals surface area contributed by atoms with Gasteiger partial charge < -0.3 is 32.3 Å². The van der Waals surface area contributed by atoms with Gasteiger partial charge in [-0.25, -0.2) is 9.78 Å². The van der Waals surface area contributed by atoms with Gasteiger partial charge in [0, 0.05) is 51.3 Å². The van der Waals surface area contributed by atoms with Gasteiger partial charge >= 0.3 is 11.9 Å². The van der Waals surface area contributed by atoms with Gasteiger partial charge in [0.25, 0.3) is 11.8 Å². The molecule has 4 heterocycles. The van der Waals surface area contributed by atoms with Crippen LogP contribution < -0.4 is 22.1 Å². The lowest BCUT2D eigenvalue weighted by atomic mass is 10.0. The first kappa shape index (κ1) is 33.1. The average Bonchev–Trinajstić information content (AvgIpc) is 3.41. The number of aromatic nitrogens is 3. The lowest BCUT2D eigenvalue weighted by Gasteiger charge is -2.49. The van der Waals surface area contributed by atoms with Crippen LogP contribution in [0.25, 0.3) is 0 Å². The zero-order valence-electron chi connectivity index (χ0n) is 22.4. The Hall–Kier alpha value is -3.79. The van der Waals surface area contributed by atoms with Gasteiger partial charge in [-0.15, -0.1) is 16.7 Å². The van der Waals surface area contributed by atoms with E-state index in [4.69, 9.17) is 16.6 Å². The Bertz CT molecular complexity index is 1510.